The third kappa shape index (κ3) is 43.0. The third-order valence-corrected chi connectivity index (χ3v) is 21.5. The minimum Gasteiger partial charge on any atom is -0.508 e. The van der Waals surface area contributed by atoms with Crippen molar-refractivity contribution in [1.82, 2.24) is 100 Å². The molecule has 50 heteroatoms. The van der Waals surface area contributed by atoms with Gasteiger partial charge < -0.3 is 156 Å². The van der Waals surface area contributed by atoms with Gasteiger partial charge in [0.1, 0.15) is 102 Å². The fourth-order valence-electron chi connectivity index (χ4n) is 13.5. The molecule has 18 unspecified atom stereocenters. The van der Waals surface area contributed by atoms with Gasteiger partial charge in [-0.1, -0.05) is 92.5 Å². The molecule has 1 heterocycles. The van der Waals surface area contributed by atoms with Crippen molar-refractivity contribution >= 4 is 118 Å². The predicted molar refractivity (Wildman–Crippen MR) is 492 cm³/mol. The Morgan fingerprint density at radius 2 is 0.711 bits per heavy atom. The molecule has 39 N–H and O–H groups in total. The van der Waals surface area contributed by atoms with E-state index >= 15 is 9.59 Å². The molecule has 0 radical (unpaired) electrons. The van der Waals surface area contributed by atoms with Crippen LogP contribution in [0.3, 0.4) is 0 Å². The first-order chi connectivity index (χ1) is 63.5. The minimum atomic E-state index is -1.96. The Kier molecular flexibility index (Phi) is 50.1. The van der Waals surface area contributed by atoms with Gasteiger partial charge in [-0.3, -0.25) is 97.7 Å². The number of primary amides is 3. The van der Waals surface area contributed by atoms with Crippen LogP contribution in [0.4, 0.5) is 0 Å². The van der Waals surface area contributed by atoms with Crippen molar-refractivity contribution in [2.45, 2.75) is 269 Å². The molecule has 750 valence electrons. The number of aromatic nitrogens is 2. The van der Waals surface area contributed by atoms with Gasteiger partial charge in [0, 0.05) is 51.5 Å². The summed E-state index contributed by atoms with van der Waals surface area (Å²) in [5, 5.41) is 107. The van der Waals surface area contributed by atoms with Crippen molar-refractivity contribution in [3.8, 4) is 11.5 Å². The number of carbonyl (C=O) groups is 17. The SMILES string of the molecule is CCC(C)C(NC(=O)C(Cc1ccc(O)cc1)NC(=O)C(Cc1c[nH]cn1)NC(=O)C(CCCNC(=N)N)NC(=O)C(CC(C)C)NC(=O)C(C)NC(=O)C(N)CO)C(=O)NC(CC(N)=O)C(=O)NC(CC(C)C)C(=O)NC(C(=O)NC(C(=O)NC(CCCNC(=N)N)C(=O)NC(CCC(N)=O)C(=O)NC(CCCNC(=N)N)C(=O)NC(Cc1ccc(O)cc1)C(N)=O)C(C)O)C(C)CC. The maximum absolute atomic E-state index is 15.1. The predicted octanol–water partition coefficient (Wildman–Crippen LogP) is -8.04. The molecule has 0 aliphatic heterocycles. The summed E-state index contributed by atoms with van der Waals surface area (Å²) in [4.78, 5) is 247. The van der Waals surface area contributed by atoms with Gasteiger partial charge in [-0.2, -0.15) is 0 Å². The zero-order chi connectivity index (χ0) is 102. The quantitative estimate of drug-likeness (QED) is 0.0142. The molecule has 0 spiro atoms. The van der Waals surface area contributed by atoms with Crippen LogP contribution >= 0.6 is 0 Å². The lowest BCUT2D eigenvalue weighted by Gasteiger charge is -2.31. The van der Waals surface area contributed by atoms with Gasteiger partial charge in [0.05, 0.1) is 31.2 Å². The maximum Gasteiger partial charge on any atom is 0.245 e. The molecule has 18 atom stereocenters. The Balaban J connectivity index is 2.04. The average molecular weight is 1900 g/mol. The molecule has 17 amide bonds. The second-order valence-corrected chi connectivity index (χ2v) is 33.9. The van der Waals surface area contributed by atoms with Gasteiger partial charge in [0.25, 0.3) is 0 Å². The van der Waals surface area contributed by atoms with E-state index in [-0.39, 0.29) is 126 Å². The molecule has 3 aromatic rings. The van der Waals surface area contributed by atoms with Crippen LogP contribution in [0.2, 0.25) is 0 Å². The van der Waals surface area contributed by atoms with Crippen LogP contribution in [0.5, 0.6) is 11.5 Å². The molecule has 2 aromatic carbocycles. The van der Waals surface area contributed by atoms with Crippen LogP contribution in [-0.4, -0.2) is 272 Å². The number of benzene rings is 2. The lowest BCUT2D eigenvalue weighted by atomic mass is 9.95. The van der Waals surface area contributed by atoms with E-state index in [1.54, 1.807) is 48.5 Å². The van der Waals surface area contributed by atoms with Crippen molar-refractivity contribution in [2.75, 3.05) is 26.2 Å². The number of aromatic hydroxyl groups is 2. The molecule has 135 heavy (non-hydrogen) atoms. The van der Waals surface area contributed by atoms with Crippen LogP contribution < -0.4 is 131 Å². The van der Waals surface area contributed by atoms with Gasteiger partial charge in [0.15, 0.2) is 17.9 Å². The number of nitrogens with two attached hydrogens (primary N) is 7. The Morgan fingerprint density at radius 1 is 0.385 bits per heavy atom. The largest absolute Gasteiger partial charge is 0.508 e. The normalized spacial score (nSPS) is 15.1. The third-order valence-electron chi connectivity index (χ3n) is 21.5. The maximum atomic E-state index is 15.1. The number of amides is 17. The summed E-state index contributed by atoms with van der Waals surface area (Å²) in [6.07, 6.45) is -2.49. The number of nitrogens with zero attached hydrogens (tertiary/aromatic N) is 1. The Bertz CT molecular complexity index is 4490. The number of rotatable bonds is 62. The molecule has 1 aromatic heterocycles. The summed E-state index contributed by atoms with van der Waals surface area (Å²) in [6.45, 7) is 14.8. The van der Waals surface area contributed by atoms with E-state index in [1.807, 2.05) is 0 Å². The highest BCUT2D eigenvalue weighted by molar-refractivity contribution is 6.02. The van der Waals surface area contributed by atoms with E-state index in [2.05, 4.69) is 100 Å². The molecule has 50 nitrogen and oxygen atoms in total. The van der Waals surface area contributed by atoms with Crippen molar-refractivity contribution in [3.63, 3.8) is 0 Å². The monoisotopic (exact) mass is 1900 g/mol. The molecule has 3 rings (SSSR count). The topological polar surface area (TPSA) is 858 Å². The van der Waals surface area contributed by atoms with Gasteiger partial charge in [-0.15, -0.1) is 0 Å². The van der Waals surface area contributed by atoms with E-state index < -0.39 is 259 Å². The van der Waals surface area contributed by atoms with Crippen LogP contribution in [0, 0.1) is 39.9 Å². The van der Waals surface area contributed by atoms with Crippen molar-refractivity contribution in [1.29, 1.82) is 16.2 Å². The van der Waals surface area contributed by atoms with E-state index in [1.165, 1.54) is 74.9 Å². The van der Waals surface area contributed by atoms with Gasteiger partial charge in [-0.25, -0.2) is 4.98 Å². The number of aliphatic hydroxyl groups is 2. The molecule has 0 aliphatic carbocycles. The highest BCUT2D eigenvalue weighted by atomic mass is 16.3. The lowest BCUT2D eigenvalue weighted by molar-refractivity contribution is -0.138. The Morgan fingerprint density at radius 3 is 1.09 bits per heavy atom. The number of carbonyl (C=O) groups excluding carboxylic acids is 17. The number of guanidine groups is 3. The molecular formula is C85H139N29O21. The summed E-state index contributed by atoms with van der Waals surface area (Å²) in [7, 11) is 0. The Labute approximate surface area is 781 Å². The molecule has 0 saturated heterocycles. The molecule has 0 aliphatic rings. The highest BCUT2D eigenvalue weighted by Gasteiger charge is 2.41. The van der Waals surface area contributed by atoms with E-state index in [9.17, 15) is 92.3 Å². The molecular weight excluding hydrogens is 1760 g/mol. The number of phenols is 2. The summed E-state index contributed by atoms with van der Waals surface area (Å²) >= 11 is 0. The molecule has 0 bridgehead atoms. The minimum absolute atomic E-state index is 0.00606. The smallest absolute Gasteiger partial charge is 0.245 e. The molecule has 0 fully saturated rings. The Hall–Kier alpha value is -14.1. The number of hydrogen-bond donors (Lipinski definition) is 32. The standard InChI is InChI=1S/C85H139N29O21/c1-11-43(7)65(112-79(132)60(35-48-21-25-51(118)26-22-48)109-76(129)61(36-49-38-96-40-100-49)110-73(126)54(17-14-30-98-84(92)93)103-75(128)58(32-41(3)4)107-69(122)45(9)101-70(123)52(86)39-115)80(133)111-62(37-64(88)120)77(130)108-59(33-42(5)6)78(131)113-66(44(8)12-2)81(134)114-67(46(10)116)82(135)105-55(18-15-31-99-85(94)95)71(124)104-56(27-28-63(87)119)74(127)102-53(16-13-29-97-83(90)91)72(125)106-57(68(89)121)34-47-19-23-50(117)24-20-47/h19-26,38,40-46,52-62,65-67,115-118H,11-18,27-37,39,86H2,1-10H3,(H2,87,119)(H2,88,120)(H2,89,121)(H,96,100)(H,101,123)(H,102,127)(H,103,128)(H,104,124)(H,105,135)(H,106,125)(H,107,122)(H,108,130)(H,109,129)(H,110,126)(H,111,133)(H,112,132)(H,113,131)(H,114,134)(H4,90,91,97)(H4,92,93,98)(H4,94,95,99). The first-order valence-electron chi connectivity index (χ1n) is 44.4. The number of nitrogens with one attached hydrogen (secondary N) is 21. The second-order valence-electron chi connectivity index (χ2n) is 33.9. The van der Waals surface area contributed by atoms with Crippen molar-refractivity contribution < 1.29 is 102 Å². The number of imidazole rings is 1. The average Bonchev–Trinajstić information content (AvgIpc) is 1.56. The fourth-order valence-corrected chi connectivity index (χ4v) is 13.5. The summed E-state index contributed by atoms with van der Waals surface area (Å²) < 4.78 is 0. The summed E-state index contributed by atoms with van der Waals surface area (Å²) in [5.41, 5.74) is 40.0. The summed E-state index contributed by atoms with van der Waals surface area (Å²) in [6, 6.07) is -12.7. The zero-order valence-electron chi connectivity index (χ0n) is 77.7. The van der Waals surface area contributed by atoms with Crippen molar-refractivity contribution in [2.24, 2.45) is 63.8 Å². The van der Waals surface area contributed by atoms with Crippen molar-refractivity contribution in [3.05, 3.63) is 77.9 Å². The molecule has 0 saturated carbocycles. The van der Waals surface area contributed by atoms with Gasteiger partial charge >= 0.3 is 0 Å². The fraction of sp³-hybridized carbons (Fsp3) is 0.588. The van der Waals surface area contributed by atoms with Gasteiger partial charge in [0.2, 0.25) is 100 Å². The van der Waals surface area contributed by atoms with Crippen LogP contribution in [0.15, 0.2) is 61.1 Å². The number of aromatic amines is 1. The number of H-pyrrole nitrogens is 1. The lowest BCUT2D eigenvalue weighted by Crippen LogP contribution is -2.63. The summed E-state index contributed by atoms with van der Waals surface area (Å²) in [5.74, 6) is -21.3. The van der Waals surface area contributed by atoms with E-state index in [0.717, 1.165) is 6.92 Å². The zero-order valence-corrected chi connectivity index (χ0v) is 77.7. The van der Waals surface area contributed by atoms with Gasteiger partial charge in [-0.05, 0) is 131 Å². The number of hydrogen-bond acceptors (Lipinski definition) is 26. The van der Waals surface area contributed by atoms with E-state index in [0.29, 0.717) is 11.1 Å². The second kappa shape index (κ2) is 58.7. The highest BCUT2D eigenvalue weighted by Crippen LogP contribution is 2.20. The van der Waals surface area contributed by atoms with Crippen LogP contribution in [0.1, 0.15) is 170 Å². The van der Waals surface area contributed by atoms with E-state index in [4.69, 9.17) is 56.4 Å². The van der Waals surface area contributed by atoms with Crippen LogP contribution in [0.25, 0.3) is 0 Å². The number of phenolic OH excluding ortho intramolecular Hbond substituents is 2. The first-order valence-corrected chi connectivity index (χ1v) is 44.4. The first kappa shape index (κ1) is 115. The van der Waals surface area contributed by atoms with Crippen LogP contribution in [-0.2, 0) is 101 Å². The number of aliphatic hydroxyl groups excluding tert-OH is 2.